The predicted octanol–water partition coefficient (Wildman–Crippen LogP) is 2.66. The fourth-order valence-electron chi connectivity index (χ4n) is 3.30. The second-order valence-electron chi connectivity index (χ2n) is 5.96. The molecule has 0 bridgehead atoms. The van der Waals surface area contributed by atoms with Crippen molar-refractivity contribution in [3.63, 3.8) is 0 Å². The van der Waals surface area contributed by atoms with Crippen LogP contribution in [0.1, 0.15) is 47.9 Å². The summed E-state index contributed by atoms with van der Waals surface area (Å²) in [4.78, 5) is 2.92. The highest BCUT2D eigenvalue weighted by Gasteiger charge is 2.31. The van der Waals surface area contributed by atoms with Gasteiger partial charge in [0.15, 0.2) is 0 Å². The lowest BCUT2D eigenvalue weighted by Crippen LogP contribution is -2.38. The summed E-state index contributed by atoms with van der Waals surface area (Å²) in [5.74, 6) is 0.447. The standard InChI is InChI=1S/C15H21ClN4OS/c1-9-5-11(15-10(3-4-21)7-14(16)22-15)6-12(18-9)13-8-17-20(2)19-13/h7-9,11-12,18,21H,3-6H2,1-2H3. The minimum Gasteiger partial charge on any atom is -0.396 e. The highest BCUT2D eigenvalue weighted by atomic mass is 35.5. The van der Waals surface area contributed by atoms with Crippen LogP contribution < -0.4 is 5.32 Å². The summed E-state index contributed by atoms with van der Waals surface area (Å²) in [7, 11) is 1.84. The minimum atomic E-state index is 0.161. The molecule has 3 heterocycles. The Morgan fingerprint density at radius 2 is 2.32 bits per heavy atom. The Labute approximate surface area is 139 Å². The summed E-state index contributed by atoms with van der Waals surface area (Å²) in [5.41, 5.74) is 2.18. The number of aryl methyl sites for hydroxylation is 1. The third-order valence-corrected chi connectivity index (χ3v) is 5.65. The predicted molar refractivity (Wildman–Crippen MR) is 88.4 cm³/mol. The zero-order chi connectivity index (χ0) is 15.7. The SMILES string of the molecule is CC1CC(c2sc(Cl)cc2CCO)CC(c2cnn(C)n2)N1. The van der Waals surface area contributed by atoms with Gasteiger partial charge in [-0.2, -0.15) is 15.0 Å². The third-order valence-electron chi connectivity index (χ3n) is 4.18. The molecular weight excluding hydrogens is 320 g/mol. The molecule has 1 aliphatic rings. The number of nitrogens with one attached hydrogen (secondary N) is 1. The average molecular weight is 341 g/mol. The molecular formula is C15H21ClN4OS. The van der Waals surface area contributed by atoms with Crippen molar-refractivity contribution in [2.45, 2.75) is 44.2 Å². The first-order chi connectivity index (χ1) is 10.6. The first-order valence-electron chi connectivity index (χ1n) is 7.58. The summed E-state index contributed by atoms with van der Waals surface area (Å²) < 4.78 is 0.806. The largest absolute Gasteiger partial charge is 0.396 e. The van der Waals surface area contributed by atoms with Gasteiger partial charge in [0.25, 0.3) is 0 Å². The van der Waals surface area contributed by atoms with Crippen LogP contribution in [-0.4, -0.2) is 32.7 Å². The van der Waals surface area contributed by atoms with Gasteiger partial charge in [-0.1, -0.05) is 11.6 Å². The van der Waals surface area contributed by atoms with Crippen molar-refractivity contribution in [3.8, 4) is 0 Å². The Balaban J connectivity index is 1.84. The lowest BCUT2D eigenvalue weighted by Gasteiger charge is -2.34. The molecule has 2 N–H and O–H groups in total. The van der Waals surface area contributed by atoms with Crippen LogP contribution in [0.2, 0.25) is 4.34 Å². The van der Waals surface area contributed by atoms with Gasteiger partial charge < -0.3 is 10.4 Å². The molecule has 5 nitrogen and oxygen atoms in total. The van der Waals surface area contributed by atoms with Gasteiger partial charge >= 0.3 is 0 Å². The van der Waals surface area contributed by atoms with Crippen molar-refractivity contribution in [1.29, 1.82) is 0 Å². The van der Waals surface area contributed by atoms with Crippen molar-refractivity contribution < 1.29 is 5.11 Å². The minimum absolute atomic E-state index is 0.161. The molecule has 120 valence electrons. The molecule has 0 aromatic carbocycles. The van der Waals surface area contributed by atoms with Gasteiger partial charge in [-0.15, -0.1) is 11.3 Å². The Bertz CT molecular complexity index is 641. The van der Waals surface area contributed by atoms with Crippen molar-refractivity contribution in [2.24, 2.45) is 7.05 Å². The Morgan fingerprint density at radius 1 is 1.50 bits per heavy atom. The maximum atomic E-state index is 9.26. The summed E-state index contributed by atoms with van der Waals surface area (Å²) in [5, 5.41) is 21.5. The molecule has 0 saturated carbocycles. The van der Waals surface area contributed by atoms with E-state index in [1.54, 1.807) is 16.1 Å². The van der Waals surface area contributed by atoms with Gasteiger partial charge in [0.1, 0.15) is 0 Å². The molecule has 3 rings (SSSR count). The fourth-order valence-corrected chi connectivity index (χ4v) is 4.74. The molecule has 0 radical (unpaired) electrons. The number of hydrogen-bond acceptors (Lipinski definition) is 5. The maximum absolute atomic E-state index is 9.26. The van der Waals surface area contributed by atoms with Crippen molar-refractivity contribution in [3.05, 3.63) is 32.7 Å². The number of aromatic nitrogens is 3. The topological polar surface area (TPSA) is 63.0 Å². The molecule has 0 aliphatic carbocycles. The third kappa shape index (κ3) is 3.35. The molecule has 1 fully saturated rings. The van der Waals surface area contributed by atoms with Crippen LogP contribution in [-0.2, 0) is 13.5 Å². The lowest BCUT2D eigenvalue weighted by atomic mass is 9.85. The van der Waals surface area contributed by atoms with Crippen molar-refractivity contribution in [2.75, 3.05) is 6.61 Å². The van der Waals surface area contributed by atoms with E-state index in [1.165, 1.54) is 10.4 Å². The highest BCUT2D eigenvalue weighted by molar-refractivity contribution is 7.16. The zero-order valence-electron chi connectivity index (χ0n) is 12.8. The first-order valence-corrected chi connectivity index (χ1v) is 8.77. The van der Waals surface area contributed by atoms with E-state index in [2.05, 4.69) is 22.4 Å². The Kier molecular flexibility index (Phi) is 4.82. The summed E-state index contributed by atoms with van der Waals surface area (Å²) in [6.07, 6.45) is 4.57. The quantitative estimate of drug-likeness (QED) is 0.898. The van der Waals surface area contributed by atoms with E-state index in [4.69, 9.17) is 11.6 Å². The van der Waals surface area contributed by atoms with Crippen LogP contribution in [0.15, 0.2) is 12.3 Å². The van der Waals surface area contributed by atoms with Crippen molar-refractivity contribution >= 4 is 22.9 Å². The summed E-state index contributed by atoms with van der Waals surface area (Å²) >= 11 is 7.86. The molecule has 2 aromatic rings. The molecule has 1 aliphatic heterocycles. The van der Waals surface area contributed by atoms with Crippen LogP contribution in [0.4, 0.5) is 0 Å². The smallest absolute Gasteiger partial charge is 0.0996 e. The van der Waals surface area contributed by atoms with Gasteiger partial charge in [-0.25, -0.2) is 0 Å². The molecule has 1 saturated heterocycles. The number of piperidine rings is 1. The second kappa shape index (κ2) is 6.66. The molecule has 0 amide bonds. The first kappa shape index (κ1) is 15.9. The zero-order valence-corrected chi connectivity index (χ0v) is 14.4. The maximum Gasteiger partial charge on any atom is 0.0996 e. The number of aliphatic hydroxyl groups is 1. The van der Waals surface area contributed by atoms with E-state index < -0.39 is 0 Å². The van der Waals surface area contributed by atoms with Crippen LogP contribution in [0, 0.1) is 0 Å². The Hall–Kier alpha value is -0.950. The van der Waals surface area contributed by atoms with Gasteiger partial charge in [0, 0.05) is 24.6 Å². The number of nitrogens with zero attached hydrogens (tertiary/aromatic N) is 3. The number of aliphatic hydroxyl groups excluding tert-OH is 1. The molecule has 22 heavy (non-hydrogen) atoms. The fraction of sp³-hybridized carbons (Fsp3) is 0.600. The average Bonchev–Trinajstić information content (AvgIpc) is 3.05. The van der Waals surface area contributed by atoms with Gasteiger partial charge in [0.2, 0.25) is 0 Å². The monoisotopic (exact) mass is 340 g/mol. The molecule has 7 heteroatoms. The number of hydrogen-bond donors (Lipinski definition) is 2. The number of rotatable bonds is 4. The summed E-state index contributed by atoms with van der Waals surface area (Å²) in [6.45, 7) is 2.37. The van der Waals surface area contributed by atoms with E-state index in [-0.39, 0.29) is 12.6 Å². The van der Waals surface area contributed by atoms with Gasteiger partial charge in [-0.05, 0) is 43.7 Å². The van der Waals surface area contributed by atoms with Gasteiger partial charge in [-0.3, -0.25) is 0 Å². The lowest BCUT2D eigenvalue weighted by molar-refractivity contribution is 0.293. The highest BCUT2D eigenvalue weighted by Crippen LogP contribution is 2.42. The van der Waals surface area contributed by atoms with E-state index >= 15 is 0 Å². The molecule has 2 aromatic heterocycles. The van der Waals surface area contributed by atoms with Gasteiger partial charge in [0.05, 0.1) is 22.3 Å². The van der Waals surface area contributed by atoms with E-state index in [9.17, 15) is 5.11 Å². The normalized spacial score (nSPS) is 25.5. The number of thiophene rings is 1. The van der Waals surface area contributed by atoms with E-state index in [0.717, 1.165) is 22.9 Å². The van der Waals surface area contributed by atoms with Crippen LogP contribution >= 0.6 is 22.9 Å². The molecule has 3 atom stereocenters. The summed E-state index contributed by atoms with van der Waals surface area (Å²) in [6, 6.07) is 2.63. The van der Waals surface area contributed by atoms with Crippen LogP contribution in [0.5, 0.6) is 0 Å². The molecule has 0 spiro atoms. The Morgan fingerprint density at radius 3 is 3.00 bits per heavy atom. The van der Waals surface area contributed by atoms with E-state index in [1.807, 2.05) is 19.3 Å². The number of halogens is 1. The van der Waals surface area contributed by atoms with E-state index in [0.29, 0.717) is 18.4 Å². The molecule has 3 unspecified atom stereocenters. The van der Waals surface area contributed by atoms with Crippen LogP contribution in [0.25, 0.3) is 0 Å². The van der Waals surface area contributed by atoms with Crippen LogP contribution in [0.3, 0.4) is 0 Å². The second-order valence-corrected chi connectivity index (χ2v) is 7.68. The van der Waals surface area contributed by atoms with Crippen molar-refractivity contribution in [1.82, 2.24) is 20.3 Å².